The fourth-order valence-electron chi connectivity index (χ4n) is 5.03. The molecule has 11 heteroatoms. The Hall–Kier alpha value is -2.10. The van der Waals surface area contributed by atoms with Crippen molar-refractivity contribution in [3.8, 4) is 0 Å². The van der Waals surface area contributed by atoms with Gasteiger partial charge in [0.2, 0.25) is 0 Å². The quantitative estimate of drug-likeness (QED) is 0.486. The minimum absolute atomic E-state index is 0.0635. The van der Waals surface area contributed by atoms with E-state index in [9.17, 15) is 22.8 Å². The van der Waals surface area contributed by atoms with Crippen molar-refractivity contribution < 1.29 is 27.6 Å². The topological polar surface area (TPSA) is 67.8 Å². The maximum atomic E-state index is 14.4. The number of Topliss-reactive ketones (excluding diaryl/α,β-unsaturated/α-hetero) is 1. The molecule has 2 aromatic rings. The van der Waals surface area contributed by atoms with Gasteiger partial charge in [-0.2, -0.15) is 13.2 Å². The minimum Gasteiger partial charge on any atom is -0.374 e. The van der Waals surface area contributed by atoms with Crippen LogP contribution in [0.3, 0.4) is 0 Å². The first-order chi connectivity index (χ1) is 16.6. The lowest BCUT2D eigenvalue weighted by atomic mass is 9.87. The summed E-state index contributed by atoms with van der Waals surface area (Å²) >= 11 is 13.1. The number of benzene rings is 1. The fraction of sp³-hybridized carbons (Fsp3) is 0.458. The van der Waals surface area contributed by atoms with E-state index in [1.54, 1.807) is 0 Å². The second kappa shape index (κ2) is 9.09. The molecule has 0 spiro atoms. The van der Waals surface area contributed by atoms with Crippen LogP contribution < -0.4 is 5.32 Å². The van der Waals surface area contributed by atoms with Crippen LogP contribution in [-0.4, -0.2) is 29.6 Å². The smallest absolute Gasteiger partial charge is 0.374 e. The number of halogens is 5. The number of hydrogen-bond acceptors (Lipinski definition) is 5. The lowest BCUT2D eigenvalue weighted by Crippen LogP contribution is -2.42. The van der Waals surface area contributed by atoms with Crippen molar-refractivity contribution in [2.24, 2.45) is 5.16 Å². The van der Waals surface area contributed by atoms with Crippen molar-refractivity contribution in [2.45, 2.75) is 69.2 Å². The molecule has 2 aliphatic carbocycles. The summed E-state index contributed by atoms with van der Waals surface area (Å²) < 4.78 is 43.1. The summed E-state index contributed by atoms with van der Waals surface area (Å²) in [5.74, 6) is -0.0508. The Labute approximate surface area is 213 Å². The van der Waals surface area contributed by atoms with Gasteiger partial charge in [0, 0.05) is 34.5 Å². The number of amides is 1. The van der Waals surface area contributed by atoms with Gasteiger partial charge >= 0.3 is 6.18 Å². The maximum Gasteiger partial charge on any atom is 0.435 e. The van der Waals surface area contributed by atoms with E-state index >= 15 is 0 Å². The summed E-state index contributed by atoms with van der Waals surface area (Å²) in [6.45, 7) is 0. The number of thiophene rings is 1. The first-order valence-electron chi connectivity index (χ1n) is 11.3. The van der Waals surface area contributed by atoms with Gasteiger partial charge in [-0.25, -0.2) is 0 Å². The van der Waals surface area contributed by atoms with E-state index < -0.39 is 18.2 Å². The van der Waals surface area contributed by atoms with Crippen LogP contribution in [0.1, 0.15) is 69.8 Å². The number of carbonyl (C=O) groups is 2. The number of oxime groups is 1. The SMILES string of the molecule is O=C1CCC(NC(=O)c2sc(C3=NOC(c4cc(Cl)cc(Cl)c4)(C(F)(F)F)C3)c3c2CCC3)CC1. The summed E-state index contributed by atoms with van der Waals surface area (Å²) in [6.07, 6.45) is -1.10. The predicted octanol–water partition coefficient (Wildman–Crippen LogP) is 6.37. The number of fused-ring (bicyclic) bond motifs is 1. The molecule has 186 valence electrons. The number of alkyl halides is 3. The summed E-state index contributed by atoms with van der Waals surface area (Å²) in [5, 5.41) is 7.02. The summed E-state index contributed by atoms with van der Waals surface area (Å²) in [6, 6.07) is 3.64. The van der Waals surface area contributed by atoms with Crippen molar-refractivity contribution in [1.29, 1.82) is 0 Å². The third-order valence-corrected chi connectivity index (χ3v) is 8.59. The van der Waals surface area contributed by atoms with Crippen LogP contribution in [0.15, 0.2) is 23.4 Å². The van der Waals surface area contributed by atoms with Gasteiger partial charge in [-0.15, -0.1) is 11.3 Å². The third kappa shape index (κ3) is 4.47. The molecule has 1 aromatic heterocycles. The highest BCUT2D eigenvalue weighted by molar-refractivity contribution is 7.16. The van der Waals surface area contributed by atoms with Crippen molar-refractivity contribution in [2.75, 3.05) is 0 Å². The number of nitrogens with zero attached hydrogens (tertiary/aromatic N) is 1. The highest BCUT2D eigenvalue weighted by Crippen LogP contribution is 2.51. The number of ketones is 1. The number of carbonyl (C=O) groups excluding carboxylic acids is 2. The van der Waals surface area contributed by atoms with E-state index in [-0.39, 0.29) is 39.1 Å². The van der Waals surface area contributed by atoms with Crippen LogP contribution >= 0.6 is 34.5 Å². The second-order valence-corrected chi connectivity index (χ2v) is 11.0. The monoisotopic (exact) mass is 544 g/mol. The van der Waals surface area contributed by atoms with Gasteiger partial charge in [0.15, 0.2) is 0 Å². The van der Waals surface area contributed by atoms with Gasteiger partial charge in [-0.3, -0.25) is 9.59 Å². The number of rotatable bonds is 4. The Balaban J connectivity index is 1.45. The predicted molar refractivity (Wildman–Crippen MR) is 128 cm³/mol. The van der Waals surface area contributed by atoms with E-state index in [2.05, 4.69) is 10.5 Å². The number of hydrogen-bond donors (Lipinski definition) is 1. The van der Waals surface area contributed by atoms with Crippen LogP contribution in [0.4, 0.5) is 13.2 Å². The molecule has 35 heavy (non-hydrogen) atoms. The largest absolute Gasteiger partial charge is 0.435 e. The Bertz CT molecular complexity index is 1210. The van der Waals surface area contributed by atoms with Crippen molar-refractivity contribution in [3.63, 3.8) is 0 Å². The molecule has 1 fully saturated rings. The molecule has 0 radical (unpaired) electrons. The molecule has 2 heterocycles. The first kappa shape index (κ1) is 24.6. The molecule has 3 aliphatic rings. The Morgan fingerprint density at radius 3 is 2.40 bits per heavy atom. The van der Waals surface area contributed by atoms with E-state index in [0.717, 1.165) is 28.9 Å². The average molecular weight is 545 g/mol. The van der Waals surface area contributed by atoms with Crippen LogP contribution in [0.25, 0.3) is 0 Å². The van der Waals surface area contributed by atoms with E-state index in [0.29, 0.717) is 48.3 Å². The second-order valence-electron chi connectivity index (χ2n) is 9.15. The van der Waals surface area contributed by atoms with Crippen LogP contribution in [0, 0.1) is 0 Å². The zero-order valence-electron chi connectivity index (χ0n) is 18.4. The highest BCUT2D eigenvalue weighted by Gasteiger charge is 2.62. The van der Waals surface area contributed by atoms with Crippen LogP contribution in [-0.2, 0) is 28.1 Å². The highest BCUT2D eigenvalue weighted by atomic mass is 35.5. The molecule has 1 atom stereocenters. The summed E-state index contributed by atoms with van der Waals surface area (Å²) in [5.41, 5.74) is -1.05. The van der Waals surface area contributed by atoms with Gasteiger partial charge in [-0.05, 0) is 61.4 Å². The molecule has 5 nitrogen and oxygen atoms in total. The molecule has 0 saturated heterocycles. The van der Waals surface area contributed by atoms with Gasteiger partial charge in [0.1, 0.15) is 11.5 Å². The molecule has 1 amide bonds. The molecule has 5 rings (SSSR count). The Morgan fingerprint density at radius 2 is 1.74 bits per heavy atom. The maximum absolute atomic E-state index is 14.4. The molecular formula is C24H21Cl2F3N2O3S. The van der Waals surface area contributed by atoms with E-state index in [4.69, 9.17) is 28.0 Å². The zero-order chi connectivity index (χ0) is 25.0. The molecule has 1 aromatic carbocycles. The standard InChI is InChI=1S/C24H21Cl2F3N2O3S/c25-13-8-12(9-14(26)10-13)23(24(27,28)29)11-19(31-34-23)20-17-2-1-3-18(17)21(35-20)22(33)30-15-4-6-16(32)7-5-15/h8-10,15H,1-7,11H2,(H,30,33). The molecule has 1 aliphatic heterocycles. The summed E-state index contributed by atoms with van der Waals surface area (Å²) in [7, 11) is 0. The van der Waals surface area contributed by atoms with Crippen molar-refractivity contribution in [3.05, 3.63) is 54.7 Å². The molecule has 0 bridgehead atoms. The van der Waals surface area contributed by atoms with Crippen molar-refractivity contribution in [1.82, 2.24) is 5.32 Å². The van der Waals surface area contributed by atoms with Gasteiger partial charge in [0.25, 0.3) is 11.5 Å². The lowest BCUT2D eigenvalue weighted by molar-refractivity contribution is -0.275. The summed E-state index contributed by atoms with van der Waals surface area (Å²) in [4.78, 5) is 30.8. The minimum atomic E-state index is -4.79. The molecule has 1 unspecified atom stereocenters. The molecular weight excluding hydrogens is 524 g/mol. The lowest BCUT2D eigenvalue weighted by Gasteiger charge is -2.29. The van der Waals surface area contributed by atoms with Gasteiger partial charge < -0.3 is 10.2 Å². The average Bonchev–Trinajstić information content (AvgIpc) is 3.49. The van der Waals surface area contributed by atoms with Gasteiger partial charge in [-0.1, -0.05) is 28.4 Å². The van der Waals surface area contributed by atoms with Crippen LogP contribution in [0.2, 0.25) is 10.0 Å². The van der Waals surface area contributed by atoms with E-state index in [1.165, 1.54) is 18.2 Å². The fourth-order valence-corrected chi connectivity index (χ4v) is 6.84. The third-order valence-electron chi connectivity index (χ3n) is 6.83. The molecule has 1 N–H and O–H groups in total. The van der Waals surface area contributed by atoms with E-state index in [1.807, 2.05) is 0 Å². The number of nitrogens with one attached hydrogen (secondary N) is 1. The zero-order valence-corrected chi connectivity index (χ0v) is 20.8. The first-order valence-corrected chi connectivity index (χ1v) is 12.9. The Kier molecular flexibility index (Phi) is 6.38. The van der Waals surface area contributed by atoms with Crippen molar-refractivity contribution >= 4 is 51.9 Å². The van der Waals surface area contributed by atoms with Crippen LogP contribution in [0.5, 0.6) is 0 Å². The Morgan fingerprint density at radius 1 is 1.09 bits per heavy atom. The normalized spacial score (nSPS) is 22.7. The molecule has 1 saturated carbocycles. The van der Waals surface area contributed by atoms with Gasteiger partial charge in [0.05, 0.1) is 16.2 Å².